The third-order valence-electron chi connectivity index (χ3n) is 5.58. The van der Waals surface area contributed by atoms with Crippen LogP contribution in [0.3, 0.4) is 0 Å². The van der Waals surface area contributed by atoms with E-state index in [1.165, 1.54) is 11.3 Å². The molecule has 1 N–H and O–H groups in total. The molecule has 0 aliphatic carbocycles. The van der Waals surface area contributed by atoms with E-state index in [0.29, 0.717) is 18.3 Å². The van der Waals surface area contributed by atoms with E-state index in [9.17, 15) is 4.79 Å². The molecule has 0 aromatic carbocycles. The molecule has 1 amide bonds. The molecule has 1 saturated heterocycles. The SMILES string of the molecule is Cc1cc(C)c2c(OCC(=O)NCC3CCCN(Cc4cccs4)C3)nn(C)c2n1. The summed E-state index contributed by atoms with van der Waals surface area (Å²) in [6.07, 6.45) is 2.32. The van der Waals surface area contributed by atoms with Gasteiger partial charge in [0.2, 0.25) is 5.88 Å². The molecule has 1 aliphatic rings. The highest BCUT2D eigenvalue weighted by Gasteiger charge is 2.21. The Morgan fingerprint density at radius 3 is 3.07 bits per heavy atom. The molecule has 1 atom stereocenters. The van der Waals surface area contributed by atoms with Crippen LogP contribution in [0.5, 0.6) is 5.88 Å². The molecule has 4 heterocycles. The maximum atomic E-state index is 12.4. The smallest absolute Gasteiger partial charge is 0.258 e. The average Bonchev–Trinajstić information content (AvgIpc) is 3.33. The number of amides is 1. The molecular weight excluding hydrogens is 398 g/mol. The summed E-state index contributed by atoms with van der Waals surface area (Å²) >= 11 is 1.80. The minimum atomic E-state index is -0.109. The summed E-state index contributed by atoms with van der Waals surface area (Å²) in [6.45, 7) is 7.78. The fourth-order valence-corrected chi connectivity index (χ4v) is 4.92. The van der Waals surface area contributed by atoms with Gasteiger partial charge in [-0.3, -0.25) is 9.69 Å². The van der Waals surface area contributed by atoms with E-state index in [1.807, 2.05) is 27.0 Å². The van der Waals surface area contributed by atoms with E-state index < -0.39 is 0 Å². The van der Waals surface area contributed by atoms with E-state index in [2.05, 4.69) is 37.8 Å². The van der Waals surface area contributed by atoms with Gasteiger partial charge < -0.3 is 10.1 Å². The highest BCUT2D eigenvalue weighted by molar-refractivity contribution is 7.09. The lowest BCUT2D eigenvalue weighted by Crippen LogP contribution is -2.41. The number of nitrogens with one attached hydrogen (secondary N) is 1. The van der Waals surface area contributed by atoms with Crippen molar-refractivity contribution in [1.29, 1.82) is 0 Å². The second kappa shape index (κ2) is 9.14. The van der Waals surface area contributed by atoms with Gasteiger partial charge in [0.25, 0.3) is 5.91 Å². The minimum Gasteiger partial charge on any atom is -0.466 e. The number of thiophene rings is 1. The zero-order chi connectivity index (χ0) is 21.1. The molecule has 0 bridgehead atoms. The molecule has 1 fully saturated rings. The van der Waals surface area contributed by atoms with Gasteiger partial charge in [-0.2, -0.15) is 0 Å². The second-order valence-corrected chi connectivity index (χ2v) is 9.16. The molecule has 3 aromatic rings. The number of carbonyl (C=O) groups is 1. The van der Waals surface area contributed by atoms with Gasteiger partial charge in [0.05, 0.1) is 5.39 Å². The molecule has 8 heteroatoms. The molecule has 0 saturated carbocycles. The van der Waals surface area contributed by atoms with Gasteiger partial charge in [-0.25, -0.2) is 9.67 Å². The number of carbonyl (C=O) groups excluding carboxylic acids is 1. The first kappa shape index (κ1) is 20.8. The zero-order valence-corrected chi connectivity index (χ0v) is 18.7. The molecule has 7 nitrogen and oxygen atoms in total. The summed E-state index contributed by atoms with van der Waals surface area (Å²) in [6, 6.07) is 6.29. The number of aromatic nitrogens is 3. The average molecular weight is 428 g/mol. The molecule has 1 unspecified atom stereocenters. The molecule has 30 heavy (non-hydrogen) atoms. The lowest BCUT2D eigenvalue weighted by molar-refractivity contribution is -0.123. The fourth-order valence-electron chi connectivity index (χ4n) is 4.18. The van der Waals surface area contributed by atoms with Crippen molar-refractivity contribution in [2.24, 2.45) is 13.0 Å². The molecule has 1 aliphatic heterocycles. The lowest BCUT2D eigenvalue weighted by atomic mass is 9.98. The molecular formula is C22H29N5O2S. The summed E-state index contributed by atoms with van der Waals surface area (Å²) in [5, 5.41) is 10.4. The topological polar surface area (TPSA) is 72.3 Å². The Kier molecular flexibility index (Phi) is 6.34. The molecule has 160 valence electrons. The number of aryl methyl sites for hydroxylation is 3. The third kappa shape index (κ3) is 4.82. The minimum absolute atomic E-state index is 0.0366. The number of rotatable bonds is 7. The van der Waals surface area contributed by atoms with Crippen LogP contribution < -0.4 is 10.1 Å². The molecule has 0 radical (unpaired) electrons. The van der Waals surface area contributed by atoms with E-state index >= 15 is 0 Å². The predicted molar refractivity (Wildman–Crippen MR) is 119 cm³/mol. The van der Waals surface area contributed by atoms with Crippen molar-refractivity contribution in [1.82, 2.24) is 25.0 Å². The Bertz CT molecular complexity index is 1010. The van der Waals surface area contributed by atoms with Crippen LogP contribution in [0.2, 0.25) is 0 Å². The van der Waals surface area contributed by atoms with Gasteiger partial charge in [0.15, 0.2) is 12.3 Å². The van der Waals surface area contributed by atoms with Crippen molar-refractivity contribution in [3.63, 3.8) is 0 Å². The maximum Gasteiger partial charge on any atom is 0.258 e. The number of likely N-dealkylation sites (tertiary alicyclic amines) is 1. The van der Waals surface area contributed by atoms with Crippen LogP contribution in [0.4, 0.5) is 0 Å². The van der Waals surface area contributed by atoms with Gasteiger partial charge in [-0.1, -0.05) is 6.07 Å². The van der Waals surface area contributed by atoms with Crippen molar-refractivity contribution in [3.8, 4) is 5.88 Å². The number of fused-ring (bicyclic) bond motifs is 1. The normalized spacial score (nSPS) is 17.4. The van der Waals surface area contributed by atoms with E-state index in [1.54, 1.807) is 16.0 Å². The summed E-state index contributed by atoms with van der Waals surface area (Å²) in [7, 11) is 1.84. The second-order valence-electron chi connectivity index (χ2n) is 8.12. The van der Waals surface area contributed by atoms with Crippen LogP contribution in [0.15, 0.2) is 23.6 Å². The Labute approximate surface area is 181 Å². The van der Waals surface area contributed by atoms with Crippen molar-refractivity contribution < 1.29 is 9.53 Å². The highest BCUT2D eigenvalue weighted by atomic mass is 32.1. The fraction of sp³-hybridized carbons (Fsp3) is 0.500. The van der Waals surface area contributed by atoms with Gasteiger partial charge in [-0.05, 0) is 62.2 Å². The van der Waals surface area contributed by atoms with Gasteiger partial charge >= 0.3 is 0 Å². The molecule has 0 spiro atoms. The largest absolute Gasteiger partial charge is 0.466 e. The van der Waals surface area contributed by atoms with Crippen LogP contribution in [-0.4, -0.2) is 51.8 Å². The quantitative estimate of drug-likeness (QED) is 0.627. The van der Waals surface area contributed by atoms with Crippen molar-refractivity contribution in [2.75, 3.05) is 26.2 Å². The number of hydrogen-bond donors (Lipinski definition) is 1. The van der Waals surface area contributed by atoms with Crippen LogP contribution >= 0.6 is 11.3 Å². The summed E-state index contributed by atoms with van der Waals surface area (Å²) < 4.78 is 7.46. The number of nitrogens with zero attached hydrogens (tertiary/aromatic N) is 4. The lowest BCUT2D eigenvalue weighted by Gasteiger charge is -2.32. The summed E-state index contributed by atoms with van der Waals surface area (Å²) in [5.41, 5.74) is 2.76. The van der Waals surface area contributed by atoms with E-state index in [4.69, 9.17) is 4.74 Å². The standard InChI is InChI=1S/C22H29N5O2S/c1-15-10-16(2)24-21-20(15)22(25-26(21)3)29-14-19(28)23-11-17-6-4-8-27(12-17)13-18-7-5-9-30-18/h5,7,9-10,17H,4,6,8,11-14H2,1-3H3,(H,23,28). The number of piperidine rings is 1. The number of ether oxygens (including phenoxy) is 1. The Morgan fingerprint density at radius 1 is 1.40 bits per heavy atom. The zero-order valence-electron chi connectivity index (χ0n) is 17.9. The summed E-state index contributed by atoms with van der Waals surface area (Å²) in [4.78, 5) is 20.8. The number of pyridine rings is 1. The van der Waals surface area contributed by atoms with Crippen LogP contribution in [0.1, 0.15) is 29.0 Å². The molecule has 3 aromatic heterocycles. The van der Waals surface area contributed by atoms with Crippen molar-refractivity contribution >= 4 is 28.3 Å². The third-order valence-corrected chi connectivity index (χ3v) is 6.44. The Hall–Kier alpha value is -2.45. The van der Waals surface area contributed by atoms with Crippen molar-refractivity contribution in [3.05, 3.63) is 39.7 Å². The first-order valence-electron chi connectivity index (χ1n) is 10.4. The number of hydrogen-bond acceptors (Lipinski definition) is 6. The highest BCUT2D eigenvalue weighted by Crippen LogP contribution is 2.27. The monoisotopic (exact) mass is 427 g/mol. The summed E-state index contributed by atoms with van der Waals surface area (Å²) in [5.74, 6) is 0.835. The first-order valence-corrected chi connectivity index (χ1v) is 11.3. The maximum absolute atomic E-state index is 12.4. The van der Waals surface area contributed by atoms with Crippen LogP contribution in [0.25, 0.3) is 11.0 Å². The van der Waals surface area contributed by atoms with Crippen LogP contribution in [-0.2, 0) is 18.4 Å². The Balaban J connectivity index is 1.28. The van der Waals surface area contributed by atoms with E-state index in [-0.39, 0.29) is 12.5 Å². The van der Waals surface area contributed by atoms with Crippen molar-refractivity contribution in [2.45, 2.75) is 33.2 Å². The molecule has 4 rings (SSSR count). The Morgan fingerprint density at radius 2 is 2.27 bits per heavy atom. The van der Waals surface area contributed by atoms with Crippen LogP contribution in [0, 0.1) is 19.8 Å². The van der Waals surface area contributed by atoms with Gasteiger partial charge in [0, 0.05) is 37.3 Å². The van der Waals surface area contributed by atoms with Gasteiger partial charge in [0.1, 0.15) is 0 Å². The van der Waals surface area contributed by atoms with Gasteiger partial charge in [-0.15, -0.1) is 16.4 Å². The first-order chi connectivity index (χ1) is 14.5. The van der Waals surface area contributed by atoms with E-state index in [0.717, 1.165) is 48.3 Å². The predicted octanol–water partition coefficient (Wildman–Crippen LogP) is 3.05.